The highest BCUT2D eigenvalue weighted by atomic mass is 35.5. The summed E-state index contributed by atoms with van der Waals surface area (Å²) in [7, 11) is 1.39. The molecule has 1 aromatic rings. The highest BCUT2D eigenvalue weighted by molar-refractivity contribution is 6.31. The van der Waals surface area contributed by atoms with Crippen molar-refractivity contribution in [3.05, 3.63) is 28.8 Å². The summed E-state index contributed by atoms with van der Waals surface area (Å²) in [5, 5.41) is 3.45. The normalized spacial score (nSPS) is 15.7. The number of esters is 1. The van der Waals surface area contributed by atoms with E-state index in [2.05, 4.69) is 5.32 Å². The van der Waals surface area contributed by atoms with Crippen molar-refractivity contribution in [3.63, 3.8) is 0 Å². The van der Waals surface area contributed by atoms with E-state index in [0.717, 1.165) is 5.56 Å². The zero-order chi connectivity index (χ0) is 15.4. The molecule has 114 valence electrons. The van der Waals surface area contributed by atoms with Gasteiger partial charge in [0.1, 0.15) is 0 Å². The first-order chi connectivity index (χ1) is 10.0. The summed E-state index contributed by atoms with van der Waals surface area (Å²) >= 11 is 6.04. The zero-order valence-corrected chi connectivity index (χ0v) is 12.9. The van der Waals surface area contributed by atoms with Crippen LogP contribution in [0.5, 0.6) is 0 Å². The van der Waals surface area contributed by atoms with Crippen LogP contribution in [-0.2, 0) is 9.53 Å². The summed E-state index contributed by atoms with van der Waals surface area (Å²) in [5.41, 5.74) is 1.64. The Morgan fingerprint density at radius 3 is 2.57 bits per heavy atom. The molecule has 0 atom stereocenters. The van der Waals surface area contributed by atoms with Crippen LogP contribution in [0.1, 0.15) is 18.4 Å². The number of rotatable bonds is 2. The van der Waals surface area contributed by atoms with Crippen LogP contribution in [0.2, 0.25) is 5.02 Å². The van der Waals surface area contributed by atoms with Crippen LogP contribution in [0.4, 0.5) is 10.5 Å². The Hall–Kier alpha value is -1.75. The first kappa shape index (κ1) is 15.6. The Balaban J connectivity index is 1.90. The molecule has 21 heavy (non-hydrogen) atoms. The number of piperidine rings is 1. The number of ether oxygens (including phenoxy) is 1. The van der Waals surface area contributed by atoms with E-state index in [4.69, 9.17) is 16.3 Å². The summed E-state index contributed by atoms with van der Waals surface area (Å²) in [4.78, 5) is 25.3. The van der Waals surface area contributed by atoms with Crippen LogP contribution in [0, 0.1) is 12.8 Å². The summed E-state index contributed by atoms with van der Waals surface area (Å²) in [6, 6.07) is 5.25. The molecule has 2 amide bonds. The van der Waals surface area contributed by atoms with Crippen molar-refractivity contribution in [1.82, 2.24) is 4.90 Å². The number of likely N-dealkylation sites (tertiary alicyclic amines) is 1. The number of benzene rings is 1. The molecule has 1 aromatic carbocycles. The molecule has 0 spiro atoms. The lowest BCUT2D eigenvalue weighted by Crippen LogP contribution is -2.42. The topological polar surface area (TPSA) is 58.6 Å². The number of aryl methyl sites for hydroxylation is 1. The molecule has 1 N–H and O–H groups in total. The maximum Gasteiger partial charge on any atom is 0.321 e. The molecular weight excluding hydrogens is 292 g/mol. The molecule has 1 aliphatic rings. The number of nitrogens with zero attached hydrogens (tertiary/aromatic N) is 1. The van der Waals surface area contributed by atoms with E-state index >= 15 is 0 Å². The largest absolute Gasteiger partial charge is 0.469 e. The molecule has 2 rings (SSSR count). The van der Waals surface area contributed by atoms with Crippen LogP contribution >= 0.6 is 11.6 Å². The quantitative estimate of drug-likeness (QED) is 0.854. The molecule has 1 fully saturated rings. The SMILES string of the molecule is COC(=O)C1CCN(C(=O)Nc2ccc(C)c(Cl)c2)CC1. The Kier molecular flexibility index (Phi) is 5.07. The van der Waals surface area contributed by atoms with Crippen LogP contribution < -0.4 is 5.32 Å². The lowest BCUT2D eigenvalue weighted by atomic mass is 9.97. The third-order valence-corrected chi connectivity index (χ3v) is 4.15. The van der Waals surface area contributed by atoms with Crippen molar-refractivity contribution >= 4 is 29.3 Å². The fourth-order valence-electron chi connectivity index (χ4n) is 2.36. The Bertz CT molecular complexity index is 540. The van der Waals surface area contributed by atoms with Gasteiger partial charge in [0.25, 0.3) is 0 Å². The average Bonchev–Trinajstić information content (AvgIpc) is 2.50. The minimum atomic E-state index is -0.194. The Morgan fingerprint density at radius 2 is 2.00 bits per heavy atom. The van der Waals surface area contributed by atoms with Crippen LogP contribution in [0.25, 0.3) is 0 Å². The first-order valence-corrected chi connectivity index (χ1v) is 7.29. The van der Waals surface area contributed by atoms with Crippen molar-refractivity contribution in [2.24, 2.45) is 5.92 Å². The predicted octanol–water partition coefficient (Wildman–Crippen LogP) is 3.07. The first-order valence-electron chi connectivity index (χ1n) is 6.91. The molecular formula is C15H19ClN2O3. The predicted molar refractivity (Wildman–Crippen MR) is 81.5 cm³/mol. The van der Waals surface area contributed by atoms with Gasteiger partial charge in [-0.05, 0) is 37.5 Å². The van der Waals surface area contributed by atoms with Crippen LogP contribution in [0.15, 0.2) is 18.2 Å². The third kappa shape index (κ3) is 3.88. The Labute approximate surface area is 129 Å². The van der Waals surface area contributed by atoms with Gasteiger partial charge in [0.2, 0.25) is 0 Å². The van der Waals surface area contributed by atoms with E-state index in [1.54, 1.807) is 11.0 Å². The van der Waals surface area contributed by atoms with Gasteiger partial charge in [0.05, 0.1) is 13.0 Å². The minimum absolute atomic E-state index is 0.104. The molecule has 5 nitrogen and oxygen atoms in total. The fourth-order valence-corrected chi connectivity index (χ4v) is 2.54. The molecule has 1 heterocycles. The van der Waals surface area contributed by atoms with Gasteiger partial charge >= 0.3 is 12.0 Å². The number of carbonyl (C=O) groups excluding carboxylic acids is 2. The Morgan fingerprint density at radius 1 is 1.33 bits per heavy atom. The van der Waals surface area contributed by atoms with Crippen molar-refractivity contribution < 1.29 is 14.3 Å². The molecule has 1 aliphatic heterocycles. The second-order valence-electron chi connectivity index (χ2n) is 5.18. The lowest BCUT2D eigenvalue weighted by Gasteiger charge is -2.30. The summed E-state index contributed by atoms with van der Waals surface area (Å²) in [6.07, 6.45) is 1.27. The smallest absolute Gasteiger partial charge is 0.321 e. The van der Waals surface area contributed by atoms with Crippen LogP contribution in [0.3, 0.4) is 0 Å². The van der Waals surface area contributed by atoms with Crippen molar-refractivity contribution in [2.45, 2.75) is 19.8 Å². The molecule has 6 heteroatoms. The summed E-state index contributed by atoms with van der Waals surface area (Å²) < 4.78 is 4.73. The summed E-state index contributed by atoms with van der Waals surface area (Å²) in [6.45, 7) is 3.00. The van der Waals surface area contributed by atoms with Crippen molar-refractivity contribution in [3.8, 4) is 0 Å². The van der Waals surface area contributed by atoms with Crippen molar-refractivity contribution in [1.29, 1.82) is 0 Å². The standard InChI is InChI=1S/C15H19ClN2O3/c1-10-3-4-12(9-13(10)16)17-15(20)18-7-5-11(6-8-18)14(19)21-2/h3-4,9,11H,5-8H2,1-2H3,(H,17,20). The minimum Gasteiger partial charge on any atom is -0.469 e. The maximum absolute atomic E-state index is 12.2. The number of amides is 2. The molecule has 0 saturated carbocycles. The monoisotopic (exact) mass is 310 g/mol. The third-order valence-electron chi connectivity index (χ3n) is 3.74. The molecule has 0 unspecified atom stereocenters. The van der Waals surface area contributed by atoms with E-state index in [0.29, 0.717) is 36.6 Å². The van der Waals surface area contributed by atoms with Gasteiger partial charge in [-0.2, -0.15) is 0 Å². The van der Waals surface area contributed by atoms with E-state index < -0.39 is 0 Å². The van der Waals surface area contributed by atoms with E-state index in [9.17, 15) is 9.59 Å². The number of halogens is 1. The zero-order valence-electron chi connectivity index (χ0n) is 12.2. The second kappa shape index (κ2) is 6.80. The number of anilines is 1. The maximum atomic E-state index is 12.2. The summed E-state index contributed by atoms with van der Waals surface area (Å²) in [5.74, 6) is -0.298. The van der Waals surface area contributed by atoms with E-state index in [1.165, 1.54) is 7.11 Å². The highest BCUT2D eigenvalue weighted by Gasteiger charge is 2.27. The average molecular weight is 311 g/mol. The highest BCUT2D eigenvalue weighted by Crippen LogP contribution is 2.22. The molecule has 0 bridgehead atoms. The van der Waals surface area contributed by atoms with Gasteiger partial charge in [-0.15, -0.1) is 0 Å². The second-order valence-corrected chi connectivity index (χ2v) is 5.59. The van der Waals surface area contributed by atoms with Gasteiger partial charge in [-0.25, -0.2) is 4.79 Å². The molecule has 1 saturated heterocycles. The van der Waals surface area contributed by atoms with Gasteiger partial charge in [0.15, 0.2) is 0 Å². The number of hydrogen-bond donors (Lipinski definition) is 1. The fraction of sp³-hybridized carbons (Fsp3) is 0.467. The molecule has 0 aromatic heterocycles. The van der Waals surface area contributed by atoms with Gasteiger partial charge in [0, 0.05) is 23.8 Å². The van der Waals surface area contributed by atoms with Crippen molar-refractivity contribution in [2.75, 3.05) is 25.5 Å². The molecule has 0 radical (unpaired) electrons. The van der Waals surface area contributed by atoms with E-state index in [1.807, 2.05) is 19.1 Å². The van der Waals surface area contributed by atoms with Gasteiger partial charge in [-0.3, -0.25) is 4.79 Å². The number of carbonyl (C=O) groups is 2. The molecule has 0 aliphatic carbocycles. The van der Waals surface area contributed by atoms with E-state index in [-0.39, 0.29) is 17.9 Å². The number of urea groups is 1. The number of methoxy groups -OCH3 is 1. The van der Waals surface area contributed by atoms with Crippen LogP contribution in [-0.4, -0.2) is 37.1 Å². The van der Waals surface area contributed by atoms with Gasteiger partial charge < -0.3 is 15.0 Å². The van der Waals surface area contributed by atoms with Gasteiger partial charge in [-0.1, -0.05) is 17.7 Å². The number of hydrogen-bond acceptors (Lipinski definition) is 3. The number of nitrogens with one attached hydrogen (secondary N) is 1. The lowest BCUT2D eigenvalue weighted by molar-refractivity contribution is -0.146.